The third-order valence-corrected chi connectivity index (χ3v) is 2.09. The average molecular weight is 182 g/mol. The van der Waals surface area contributed by atoms with Crippen molar-refractivity contribution in [3.63, 3.8) is 0 Å². The number of rotatable bonds is 1. The molecule has 0 amide bonds. The van der Waals surface area contributed by atoms with Gasteiger partial charge in [-0.15, -0.1) is 0 Å². The highest BCUT2D eigenvalue weighted by Gasteiger charge is 2.14. The highest BCUT2D eigenvalue weighted by Crippen LogP contribution is 2.27. The fraction of sp³-hybridized carbons (Fsp3) is 0.111. The normalized spacial score (nSPS) is 20.9. The molecule has 0 spiro atoms. The fourth-order valence-corrected chi connectivity index (χ4v) is 1.39. The van der Waals surface area contributed by atoms with Crippen LogP contribution in [0, 0.1) is 0 Å². The third-order valence-electron chi connectivity index (χ3n) is 1.75. The molecule has 12 heavy (non-hydrogen) atoms. The van der Waals surface area contributed by atoms with Crippen LogP contribution in [-0.2, 0) is 4.84 Å². The molecule has 3 heteroatoms. The molecule has 0 aromatic heterocycles. The third kappa shape index (κ3) is 1.31. The maximum absolute atomic E-state index is 5.96. The Labute approximate surface area is 75.8 Å². The van der Waals surface area contributed by atoms with Gasteiger partial charge >= 0.3 is 0 Å². The quantitative estimate of drug-likeness (QED) is 0.719. The molecule has 0 bridgehead atoms. The zero-order valence-electron chi connectivity index (χ0n) is 6.33. The van der Waals surface area contributed by atoms with Crippen molar-refractivity contribution in [3.8, 4) is 0 Å². The Morgan fingerprint density at radius 1 is 1.33 bits per heavy atom. The molecular weight excluding hydrogens is 174 g/mol. The van der Waals surface area contributed by atoms with E-state index in [-0.39, 0.29) is 6.10 Å². The number of halogens is 1. The molecule has 1 aromatic carbocycles. The van der Waals surface area contributed by atoms with E-state index in [4.69, 9.17) is 16.4 Å². The number of nitrogens with one attached hydrogen (secondary N) is 1. The van der Waals surface area contributed by atoms with Crippen molar-refractivity contribution in [1.82, 2.24) is 5.48 Å². The zero-order chi connectivity index (χ0) is 8.39. The van der Waals surface area contributed by atoms with Crippen molar-refractivity contribution in [3.05, 3.63) is 47.1 Å². The van der Waals surface area contributed by atoms with Crippen molar-refractivity contribution in [2.75, 3.05) is 0 Å². The predicted molar refractivity (Wildman–Crippen MR) is 47.6 cm³/mol. The molecule has 0 radical (unpaired) electrons. The van der Waals surface area contributed by atoms with Crippen molar-refractivity contribution in [1.29, 1.82) is 0 Å². The summed E-state index contributed by atoms with van der Waals surface area (Å²) in [7, 11) is 0. The molecule has 0 saturated carbocycles. The molecule has 62 valence electrons. The first-order valence-corrected chi connectivity index (χ1v) is 4.08. The Kier molecular flexibility index (Phi) is 2.02. The van der Waals surface area contributed by atoms with E-state index < -0.39 is 0 Å². The van der Waals surface area contributed by atoms with Crippen LogP contribution in [0.25, 0.3) is 0 Å². The molecule has 1 aliphatic rings. The van der Waals surface area contributed by atoms with Gasteiger partial charge in [0.1, 0.15) is 6.10 Å². The summed E-state index contributed by atoms with van der Waals surface area (Å²) in [4.78, 5) is 5.17. The number of benzene rings is 1. The van der Waals surface area contributed by atoms with E-state index in [2.05, 4.69) is 5.48 Å². The standard InChI is InChI=1S/C9H8ClNO/c10-8-4-2-1-3-7(8)9-5-6-11-12-9/h1-6,9,11H. The van der Waals surface area contributed by atoms with Gasteiger partial charge in [0.15, 0.2) is 0 Å². The molecule has 0 fully saturated rings. The van der Waals surface area contributed by atoms with Gasteiger partial charge in [-0.3, -0.25) is 10.3 Å². The number of hydroxylamine groups is 1. The van der Waals surface area contributed by atoms with Gasteiger partial charge in [0.25, 0.3) is 0 Å². The molecule has 2 rings (SSSR count). The van der Waals surface area contributed by atoms with Gasteiger partial charge in [0, 0.05) is 16.8 Å². The Morgan fingerprint density at radius 2 is 2.17 bits per heavy atom. The second kappa shape index (κ2) is 3.17. The lowest BCUT2D eigenvalue weighted by Gasteiger charge is -2.08. The summed E-state index contributed by atoms with van der Waals surface area (Å²) in [6, 6.07) is 7.64. The smallest absolute Gasteiger partial charge is 0.132 e. The highest BCUT2D eigenvalue weighted by molar-refractivity contribution is 6.31. The van der Waals surface area contributed by atoms with Gasteiger partial charge in [-0.25, -0.2) is 0 Å². The lowest BCUT2D eigenvalue weighted by atomic mass is 10.1. The van der Waals surface area contributed by atoms with Crippen LogP contribution >= 0.6 is 11.6 Å². The molecule has 1 aromatic rings. The van der Waals surface area contributed by atoms with E-state index in [1.807, 2.05) is 30.3 Å². The van der Waals surface area contributed by atoms with Crippen molar-refractivity contribution in [2.45, 2.75) is 6.10 Å². The van der Waals surface area contributed by atoms with Crippen LogP contribution in [0.2, 0.25) is 5.02 Å². The van der Waals surface area contributed by atoms with Gasteiger partial charge < -0.3 is 0 Å². The van der Waals surface area contributed by atoms with Crippen LogP contribution in [0.4, 0.5) is 0 Å². The lowest BCUT2D eigenvalue weighted by Crippen LogP contribution is -2.03. The van der Waals surface area contributed by atoms with E-state index in [9.17, 15) is 0 Å². The molecule has 0 aliphatic carbocycles. The minimum atomic E-state index is -0.0568. The number of hydrogen-bond acceptors (Lipinski definition) is 2. The SMILES string of the molecule is Clc1ccccc1C1C=CNO1. The first kappa shape index (κ1) is 7.65. The Bertz CT molecular complexity index is 311. The summed E-state index contributed by atoms with van der Waals surface area (Å²) in [5.41, 5.74) is 3.65. The first-order chi connectivity index (χ1) is 5.88. The minimum Gasteiger partial charge on any atom is -0.274 e. The summed E-state index contributed by atoms with van der Waals surface area (Å²) in [5, 5.41) is 0.732. The summed E-state index contributed by atoms with van der Waals surface area (Å²) in [6.07, 6.45) is 3.62. The van der Waals surface area contributed by atoms with Gasteiger partial charge in [0.2, 0.25) is 0 Å². The molecule has 2 nitrogen and oxygen atoms in total. The summed E-state index contributed by atoms with van der Waals surface area (Å²) >= 11 is 5.96. The van der Waals surface area contributed by atoms with Crippen LogP contribution < -0.4 is 5.48 Å². The van der Waals surface area contributed by atoms with Crippen molar-refractivity contribution in [2.24, 2.45) is 0 Å². The van der Waals surface area contributed by atoms with E-state index in [1.165, 1.54) is 0 Å². The minimum absolute atomic E-state index is 0.0568. The van der Waals surface area contributed by atoms with E-state index in [0.717, 1.165) is 10.6 Å². The topological polar surface area (TPSA) is 21.3 Å². The average Bonchev–Trinajstić information content (AvgIpc) is 2.57. The van der Waals surface area contributed by atoms with Crippen LogP contribution in [0.3, 0.4) is 0 Å². The van der Waals surface area contributed by atoms with Gasteiger partial charge in [-0.1, -0.05) is 29.8 Å². The number of hydrogen-bond donors (Lipinski definition) is 1. The summed E-state index contributed by atoms with van der Waals surface area (Å²) < 4.78 is 0. The van der Waals surface area contributed by atoms with Crippen LogP contribution in [-0.4, -0.2) is 0 Å². The second-order valence-electron chi connectivity index (χ2n) is 2.54. The maximum atomic E-state index is 5.96. The van der Waals surface area contributed by atoms with Gasteiger partial charge in [-0.2, -0.15) is 0 Å². The molecule has 1 aliphatic heterocycles. The highest BCUT2D eigenvalue weighted by atomic mass is 35.5. The Hall–Kier alpha value is -0.990. The largest absolute Gasteiger partial charge is 0.274 e. The second-order valence-corrected chi connectivity index (χ2v) is 2.94. The van der Waals surface area contributed by atoms with Crippen LogP contribution in [0.1, 0.15) is 11.7 Å². The first-order valence-electron chi connectivity index (χ1n) is 3.70. The fourth-order valence-electron chi connectivity index (χ4n) is 1.15. The van der Waals surface area contributed by atoms with Crippen molar-refractivity contribution < 1.29 is 4.84 Å². The lowest BCUT2D eigenvalue weighted by molar-refractivity contribution is 0.0470. The molecule has 1 heterocycles. The van der Waals surface area contributed by atoms with Crippen molar-refractivity contribution >= 4 is 11.6 Å². The molecule has 0 saturated heterocycles. The summed E-state index contributed by atoms with van der Waals surface area (Å²) in [6.45, 7) is 0. The Balaban J connectivity index is 2.33. The Morgan fingerprint density at radius 3 is 2.83 bits per heavy atom. The monoisotopic (exact) mass is 181 g/mol. The van der Waals surface area contributed by atoms with E-state index >= 15 is 0 Å². The van der Waals surface area contributed by atoms with Gasteiger partial charge in [0.05, 0.1) is 0 Å². The van der Waals surface area contributed by atoms with Crippen LogP contribution in [0.15, 0.2) is 36.5 Å². The molecule has 1 N–H and O–H groups in total. The predicted octanol–water partition coefficient (Wildman–Crippen LogP) is 2.43. The molecular formula is C9H8ClNO. The van der Waals surface area contributed by atoms with Gasteiger partial charge in [-0.05, 0) is 12.1 Å². The van der Waals surface area contributed by atoms with Crippen LogP contribution in [0.5, 0.6) is 0 Å². The zero-order valence-corrected chi connectivity index (χ0v) is 7.08. The van der Waals surface area contributed by atoms with E-state index in [0.29, 0.717) is 0 Å². The molecule has 1 unspecified atom stereocenters. The summed E-state index contributed by atoms with van der Waals surface area (Å²) in [5.74, 6) is 0. The van der Waals surface area contributed by atoms with E-state index in [1.54, 1.807) is 6.20 Å². The molecule has 1 atom stereocenters. The maximum Gasteiger partial charge on any atom is 0.132 e.